The zero-order chi connectivity index (χ0) is 30.3. The Morgan fingerprint density at radius 1 is 0.714 bits per heavy atom. The molecule has 0 saturated heterocycles. The van der Waals surface area contributed by atoms with E-state index in [1.807, 2.05) is 12.1 Å². The van der Waals surface area contributed by atoms with Crippen LogP contribution in [0.15, 0.2) is 115 Å². The summed E-state index contributed by atoms with van der Waals surface area (Å²) in [6, 6.07) is 37.1. The Morgan fingerprint density at radius 3 is 1.64 bits per heavy atom. The zero-order valence-corrected chi connectivity index (χ0v) is 28.8. The number of fused-ring (bicyclic) bond motifs is 3. The summed E-state index contributed by atoms with van der Waals surface area (Å²) in [5.41, 5.74) is 7.19. The van der Waals surface area contributed by atoms with Crippen molar-refractivity contribution in [2.45, 2.75) is 65.7 Å². The fourth-order valence-corrected chi connectivity index (χ4v) is 5.64. The van der Waals surface area contributed by atoms with E-state index in [4.69, 9.17) is 0 Å². The molecule has 0 amide bonds. The van der Waals surface area contributed by atoms with Gasteiger partial charge in [0.15, 0.2) is 0 Å². The van der Waals surface area contributed by atoms with Crippen molar-refractivity contribution in [1.82, 2.24) is 0 Å². The van der Waals surface area contributed by atoms with Crippen LogP contribution in [0.4, 0.5) is 0 Å². The maximum atomic E-state index is 3.25. The Bertz CT molecular complexity index is 1600. The first-order valence-electron chi connectivity index (χ1n) is 15.0. The van der Waals surface area contributed by atoms with Crippen molar-refractivity contribution < 1.29 is 24.2 Å². The molecule has 0 aliphatic heterocycles. The van der Waals surface area contributed by atoms with E-state index in [0.717, 1.165) is 6.42 Å². The number of hydrogen-bond acceptors (Lipinski definition) is 0. The third kappa shape index (κ3) is 8.52. The molecule has 0 nitrogen and oxygen atoms in total. The van der Waals surface area contributed by atoms with Crippen LogP contribution in [0.25, 0.3) is 27.1 Å². The quantitative estimate of drug-likeness (QED) is 0.175. The molecule has 0 saturated carbocycles. The molecule has 0 bridgehead atoms. The maximum absolute atomic E-state index is 3.25. The van der Waals surface area contributed by atoms with E-state index in [-0.39, 0.29) is 10.8 Å². The molecular weight excluding hydrogens is 584 g/mol. The van der Waals surface area contributed by atoms with Crippen LogP contribution in [-0.2, 0) is 41.5 Å². The Labute approximate surface area is 268 Å². The van der Waals surface area contributed by atoms with Gasteiger partial charge < -0.3 is 0 Å². The van der Waals surface area contributed by atoms with E-state index in [1.54, 1.807) is 0 Å². The van der Waals surface area contributed by atoms with Gasteiger partial charge in [-0.1, -0.05) is 120 Å². The van der Waals surface area contributed by atoms with Gasteiger partial charge in [0, 0.05) is 0 Å². The fourth-order valence-electron chi connectivity index (χ4n) is 5.06. The summed E-state index contributed by atoms with van der Waals surface area (Å²) in [5, 5.41) is 5.49. The zero-order valence-electron chi connectivity index (χ0n) is 26.3. The van der Waals surface area contributed by atoms with Crippen LogP contribution in [0.2, 0.25) is 0 Å². The Balaban J connectivity index is 0.000000162. The number of hydrogen-bond donors (Lipinski definition) is 0. The average molecular weight is 628 g/mol. The monoisotopic (exact) mass is 626 g/mol. The molecule has 0 N–H and O–H groups in total. The second kappa shape index (κ2) is 14.0. The minimum absolute atomic E-state index is 0.194. The number of benzene rings is 4. The first-order valence-corrected chi connectivity index (χ1v) is 16.4. The van der Waals surface area contributed by atoms with Crippen molar-refractivity contribution in [3.63, 3.8) is 0 Å². The van der Waals surface area contributed by atoms with Gasteiger partial charge in [0.1, 0.15) is 0 Å². The van der Waals surface area contributed by atoms with Gasteiger partial charge >= 0.3 is 70.3 Å². The van der Waals surface area contributed by atoms with Crippen LogP contribution in [0.5, 0.6) is 0 Å². The van der Waals surface area contributed by atoms with Gasteiger partial charge in [0.2, 0.25) is 0 Å². The number of rotatable bonds is 3. The summed E-state index contributed by atoms with van der Waals surface area (Å²) in [6.07, 6.45) is 8.68. The van der Waals surface area contributed by atoms with Crippen molar-refractivity contribution in [3.05, 3.63) is 144 Å². The number of allylic oxidation sites excluding steroid dienone is 4. The third-order valence-electron chi connectivity index (χ3n) is 7.66. The Morgan fingerprint density at radius 2 is 1.21 bits per heavy atom. The molecule has 1 heteroatoms. The molecule has 212 valence electrons. The van der Waals surface area contributed by atoms with Crippen molar-refractivity contribution in [1.29, 1.82) is 0 Å². The van der Waals surface area contributed by atoms with Crippen molar-refractivity contribution >= 4 is 30.8 Å². The van der Waals surface area contributed by atoms with Crippen LogP contribution >= 0.6 is 0 Å². The van der Waals surface area contributed by atoms with Gasteiger partial charge in [0.25, 0.3) is 0 Å². The summed E-state index contributed by atoms with van der Waals surface area (Å²) < 4.78 is 2.25. The molecule has 1 aliphatic carbocycles. The van der Waals surface area contributed by atoms with E-state index in [2.05, 4.69) is 161 Å². The van der Waals surface area contributed by atoms with E-state index < -0.39 is 0 Å². The topological polar surface area (TPSA) is 0 Å². The van der Waals surface area contributed by atoms with E-state index in [1.165, 1.54) is 73.6 Å². The first kappa shape index (κ1) is 31.9. The Kier molecular flexibility index (Phi) is 10.6. The van der Waals surface area contributed by atoms with Crippen LogP contribution in [-0.4, -0.2) is 3.71 Å². The van der Waals surface area contributed by atoms with E-state index in [9.17, 15) is 0 Å². The molecule has 1 unspecified atom stereocenters. The predicted octanol–water partition coefficient (Wildman–Crippen LogP) is 11.0. The van der Waals surface area contributed by atoms with Crippen LogP contribution < -0.4 is 0 Å². The molecule has 0 fully saturated rings. The van der Waals surface area contributed by atoms with Gasteiger partial charge in [-0.05, 0) is 10.8 Å². The van der Waals surface area contributed by atoms with Gasteiger partial charge in [-0.25, -0.2) is 6.08 Å². The van der Waals surface area contributed by atoms with Crippen molar-refractivity contribution in [2.24, 2.45) is 5.92 Å². The van der Waals surface area contributed by atoms with E-state index >= 15 is 0 Å². The third-order valence-corrected chi connectivity index (χ3v) is 8.16. The second-order valence-corrected chi connectivity index (χ2v) is 14.2. The molecule has 42 heavy (non-hydrogen) atoms. The van der Waals surface area contributed by atoms with Gasteiger partial charge in [0.05, 0.1) is 0 Å². The average Bonchev–Trinajstić information content (AvgIpc) is 3.57. The van der Waals surface area contributed by atoms with Crippen molar-refractivity contribution in [3.8, 4) is 0 Å². The van der Waals surface area contributed by atoms with Gasteiger partial charge in [-0.15, -0.1) is 45.3 Å². The molecule has 1 atom stereocenters. The van der Waals surface area contributed by atoms with Gasteiger partial charge in [-0.3, -0.25) is 6.08 Å². The predicted molar refractivity (Wildman–Crippen MR) is 182 cm³/mol. The molecule has 1 aliphatic rings. The molecule has 6 rings (SSSR count). The minimum atomic E-state index is 0.194. The van der Waals surface area contributed by atoms with Crippen LogP contribution in [0.1, 0.15) is 70.7 Å². The summed E-state index contributed by atoms with van der Waals surface area (Å²) in [6.45, 7) is 15.8. The summed E-state index contributed by atoms with van der Waals surface area (Å²) in [7, 11) is 0. The first-order chi connectivity index (χ1) is 20.0. The molecule has 0 heterocycles. The summed E-state index contributed by atoms with van der Waals surface area (Å²) in [4.78, 5) is 0. The molecule has 0 spiro atoms. The normalized spacial score (nSPS) is 14.6. The Hall–Kier alpha value is -3.02. The molecule has 5 aromatic rings. The van der Waals surface area contributed by atoms with Crippen LogP contribution in [0.3, 0.4) is 0 Å². The van der Waals surface area contributed by atoms with Crippen LogP contribution in [0, 0.1) is 12.0 Å². The second-order valence-electron chi connectivity index (χ2n) is 13.2. The van der Waals surface area contributed by atoms with Crippen molar-refractivity contribution in [2.75, 3.05) is 0 Å². The standard InChI is InChI=1S/C21H25.C12H11.C8H8.Zr/c1-20(2,3)16-9-7-14-11-15-8-10-17(21(4,5)6)13-19(15)18(14)12-16;1-10-7-8-12(9-10)11-5-3-2-4-6-11;1-2-8-6-4-3-5-7-8;/h7-13H,1-6H3;2-6,8-10H,1H3;1,3-7H,2H2;/q2*-1;;+2. The molecule has 5 aromatic carbocycles. The summed E-state index contributed by atoms with van der Waals surface area (Å²) in [5.74, 6) is 0.472. The van der Waals surface area contributed by atoms with E-state index in [0.29, 0.717) is 5.92 Å². The molecule has 0 aromatic heterocycles. The SMILES string of the molecule is CC(C)(C)c1ccc2[cH-]c3ccc(C(C)(C)C)cc3c2c1.CC1[C-]=CC(c2ccccc2)=C1.[Zr+2]=[CH]Cc1ccccc1. The molecular formula is C41H44Zr. The van der Waals surface area contributed by atoms with Gasteiger partial charge in [-0.2, -0.15) is 11.6 Å². The summed E-state index contributed by atoms with van der Waals surface area (Å²) >= 11 is 1.51. The fraction of sp³-hybridized carbons (Fsp3) is 0.268. The molecule has 0 radical (unpaired) electrons.